The summed E-state index contributed by atoms with van der Waals surface area (Å²) in [5, 5.41) is 6.49. The Balaban J connectivity index is 1.82. The average molecular weight is 362 g/mol. The van der Waals surface area contributed by atoms with Gasteiger partial charge in [-0.05, 0) is 56.2 Å². The summed E-state index contributed by atoms with van der Waals surface area (Å²) in [7, 11) is 1.36. The zero-order valence-corrected chi connectivity index (χ0v) is 15.8. The molecule has 0 unspecified atom stereocenters. The van der Waals surface area contributed by atoms with Gasteiger partial charge in [-0.25, -0.2) is 9.78 Å². The first-order valence-corrected chi connectivity index (χ1v) is 8.59. The minimum atomic E-state index is -0.389. The molecule has 0 fully saturated rings. The smallest absolute Gasteiger partial charge is 0.337 e. The van der Waals surface area contributed by atoms with E-state index in [1.54, 1.807) is 24.4 Å². The Morgan fingerprint density at radius 3 is 2.44 bits per heavy atom. The van der Waals surface area contributed by atoms with Crippen molar-refractivity contribution in [2.75, 3.05) is 17.7 Å². The van der Waals surface area contributed by atoms with E-state index in [2.05, 4.69) is 53.5 Å². The lowest BCUT2D eigenvalue weighted by Crippen LogP contribution is -2.04. The molecular weight excluding hydrogens is 340 g/mol. The molecule has 0 aliphatic rings. The second-order valence-electron chi connectivity index (χ2n) is 6.36. The van der Waals surface area contributed by atoms with Crippen molar-refractivity contribution in [1.29, 1.82) is 0 Å². The summed E-state index contributed by atoms with van der Waals surface area (Å²) < 4.78 is 4.75. The van der Waals surface area contributed by atoms with Crippen molar-refractivity contribution in [3.63, 3.8) is 0 Å². The maximum Gasteiger partial charge on any atom is 0.337 e. The average Bonchev–Trinajstić information content (AvgIpc) is 2.64. The molecule has 0 saturated heterocycles. The van der Waals surface area contributed by atoms with Gasteiger partial charge in [0.05, 0.1) is 12.7 Å². The third-order valence-corrected chi connectivity index (χ3v) is 4.13. The molecule has 0 saturated carbocycles. The molecule has 0 atom stereocenters. The van der Waals surface area contributed by atoms with Crippen molar-refractivity contribution in [3.05, 3.63) is 70.9 Å². The van der Waals surface area contributed by atoms with Crippen LogP contribution in [0.15, 0.2) is 48.7 Å². The van der Waals surface area contributed by atoms with Crippen molar-refractivity contribution in [3.8, 4) is 0 Å². The highest BCUT2D eigenvalue weighted by molar-refractivity contribution is 5.90. The Hall–Kier alpha value is -3.41. The first kappa shape index (κ1) is 18.4. The quantitative estimate of drug-likeness (QED) is 0.642. The molecule has 2 N–H and O–H groups in total. The van der Waals surface area contributed by atoms with Gasteiger partial charge in [0.15, 0.2) is 0 Å². The van der Waals surface area contributed by atoms with Gasteiger partial charge in [-0.1, -0.05) is 23.8 Å². The van der Waals surface area contributed by atoms with E-state index in [-0.39, 0.29) is 5.97 Å². The maximum atomic E-state index is 11.7. The number of methoxy groups -OCH3 is 1. The predicted octanol–water partition coefficient (Wildman–Crippen LogP) is 4.68. The van der Waals surface area contributed by atoms with Crippen molar-refractivity contribution >= 4 is 29.1 Å². The summed E-state index contributed by atoms with van der Waals surface area (Å²) in [4.78, 5) is 20.4. The first-order valence-electron chi connectivity index (χ1n) is 8.59. The van der Waals surface area contributed by atoms with E-state index in [1.165, 1.54) is 12.7 Å². The third-order valence-electron chi connectivity index (χ3n) is 4.13. The van der Waals surface area contributed by atoms with Crippen molar-refractivity contribution < 1.29 is 9.53 Å². The van der Waals surface area contributed by atoms with E-state index < -0.39 is 0 Å². The SMILES string of the molecule is COC(=O)c1cccc(Nc2nccc(Nc3c(C)cc(C)cc3C)n2)c1. The van der Waals surface area contributed by atoms with Crippen molar-refractivity contribution in [1.82, 2.24) is 9.97 Å². The van der Waals surface area contributed by atoms with Gasteiger partial charge in [0.1, 0.15) is 5.82 Å². The number of hydrogen-bond donors (Lipinski definition) is 2. The molecular formula is C21H22N4O2. The lowest BCUT2D eigenvalue weighted by molar-refractivity contribution is 0.0601. The van der Waals surface area contributed by atoms with Gasteiger partial charge in [0.2, 0.25) is 5.95 Å². The fraction of sp³-hybridized carbons (Fsp3) is 0.190. The number of nitrogens with zero attached hydrogens (tertiary/aromatic N) is 2. The molecule has 3 rings (SSSR count). The molecule has 2 aromatic carbocycles. The maximum absolute atomic E-state index is 11.7. The number of esters is 1. The van der Waals surface area contributed by atoms with Crippen LogP contribution in [-0.2, 0) is 4.74 Å². The van der Waals surface area contributed by atoms with E-state index in [9.17, 15) is 4.79 Å². The van der Waals surface area contributed by atoms with Crippen LogP contribution in [0.2, 0.25) is 0 Å². The highest BCUT2D eigenvalue weighted by atomic mass is 16.5. The van der Waals surface area contributed by atoms with Gasteiger partial charge >= 0.3 is 5.97 Å². The number of benzene rings is 2. The summed E-state index contributed by atoms with van der Waals surface area (Å²) >= 11 is 0. The van der Waals surface area contributed by atoms with Crippen LogP contribution in [0.25, 0.3) is 0 Å². The molecule has 0 aliphatic heterocycles. The number of aromatic nitrogens is 2. The van der Waals surface area contributed by atoms with Crippen molar-refractivity contribution in [2.24, 2.45) is 0 Å². The number of carbonyl (C=O) groups is 1. The molecule has 138 valence electrons. The summed E-state index contributed by atoms with van der Waals surface area (Å²) in [6.07, 6.45) is 1.68. The van der Waals surface area contributed by atoms with Crippen LogP contribution >= 0.6 is 0 Å². The second-order valence-corrected chi connectivity index (χ2v) is 6.36. The van der Waals surface area contributed by atoms with E-state index in [1.807, 2.05) is 12.1 Å². The Morgan fingerprint density at radius 1 is 1.00 bits per heavy atom. The standard InChI is InChI=1S/C21H22N4O2/c1-13-10-14(2)19(15(3)11-13)24-18-8-9-22-21(25-18)23-17-7-5-6-16(12-17)20(26)27-4/h5-12H,1-4H3,(H2,22,23,24,25). The Kier molecular flexibility index (Phi) is 5.35. The summed E-state index contributed by atoms with van der Waals surface area (Å²) in [5.74, 6) is 0.733. The van der Waals surface area contributed by atoms with E-state index >= 15 is 0 Å². The molecule has 1 aromatic heterocycles. The molecule has 0 amide bonds. The highest BCUT2D eigenvalue weighted by Crippen LogP contribution is 2.25. The molecule has 27 heavy (non-hydrogen) atoms. The molecule has 3 aromatic rings. The Morgan fingerprint density at radius 2 is 1.74 bits per heavy atom. The minimum Gasteiger partial charge on any atom is -0.465 e. The fourth-order valence-corrected chi connectivity index (χ4v) is 2.96. The van der Waals surface area contributed by atoms with E-state index in [0.29, 0.717) is 23.0 Å². The molecule has 1 heterocycles. The summed E-state index contributed by atoms with van der Waals surface area (Å²) in [6.45, 7) is 6.22. The monoisotopic (exact) mass is 362 g/mol. The second kappa shape index (κ2) is 7.86. The van der Waals surface area contributed by atoms with Crippen LogP contribution in [-0.4, -0.2) is 23.0 Å². The van der Waals surface area contributed by atoms with Crippen LogP contribution in [0.1, 0.15) is 27.0 Å². The van der Waals surface area contributed by atoms with E-state index in [4.69, 9.17) is 4.74 Å². The lowest BCUT2D eigenvalue weighted by Gasteiger charge is -2.14. The number of rotatable bonds is 5. The normalized spacial score (nSPS) is 10.4. The molecule has 0 bridgehead atoms. The highest BCUT2D eigenvalue weighted by Gasteiger charge is 2.08. The van der Waals surface area contributed by atoms with E-state index in [0.717, 1.165) is 16.8 Å². The Bertz CT molecular complexity index is 962. The number of anilines is 4. The molecule has 6 heteroatoms. The number of carbonyl (C=O) groups excluding carboxylic acids is 1. The zero-order valence-electron chi connectivity index (χ0n) is 15.8. The number of nitrogens with one attached hydrogen (secondary N) is 2. The van der Waals surface area contributed by atoms with Gasteiger partial charge in [-0.2, -0.15) is 4.98 Å². The van der Waals surface area contributed by atoms with Crippen LogP contribution in [0.3, 0.4) is 0 Å². The predicted molar refractivity (Wildman–Crippen MR) is 107 cm³/mol. The van der Waals surface area contributed by atoms with Crippen LogP contribution in [0.4, 0.5) is 23.1 Å². The molecule has 0 aliphatic carbocycles. The number of hydrogen-bond acceptors (Lipinski definition) is 6. The minimum absolute atomic E-state index is 0.389. The fourth-order valence-electron chi connectivity index (χ4n) is 2.96. The molecule has 6 nitrogen and oxygen atoms in total. The van der Waals surface area contributed by atoms with Crippen LogP contribution < -0.4 is 10.6 Å². The largest absolute Gasteiger partial charge is 0.465 e. The van der Waals surface area contributed by atoms with Crippen LogP contribution in [0.5, 0.6) is 0 Å². The van der Waals surface area contributed by atoms with Gasteiger partial charge in [-0.15, -0.1) is 0 Å². The summed E-state index contributed by atoms with van der Waals surface area (Å²) in [6, 6.07) is 13.1. The van der Waals surface area contributed by atoms with Gasteiger partial charge < -0.3 is 15.4 Å². The number of ether oxygens (including phenoxy) is 1. The zero-order chi connectivity index (χ0) is 19.4. The first-order chi connectivity index (χ1) is 13.0. The number of aryl methyl sites for hydroxylation is 3. The van der Waals surface area contributed by atoms with Gasteiger partial charge in [-0.3, -0.25) is 0 Å². The van der Waals surface area contributed by atoms with Crippen LogP contribution in [0, 0.1) is 20.8 Å². The van der Waals surface area contributed by atoms with Crippen molar-refractivity contribution in [2.45, 2.75) is 20.8 Å². The topological polar surface area (TPSA) is 76.1 Å². The third kappa shape index (κ3) is 4.41. The lowest BCUT2D eigenvalue weighted by atomic mass is 10.1. The van der Waals surface area contributed by atoms with Gasteiger partial charge in [0, 0.05) is 17.6 Å². The molecule has 0 spiro atoms. The van der Waals surface area contributed by atoms with Gasteiger partial charge in [0.25, 0.3) is 0 Å². The summed E-state index contributed by atoms with van der Waals surface area (Å²) in [5.41, 5.74) is 5.75. The molecule has 0 radical (unpaired) electrons. The Labute approximate surface area is 158 Å².